The van der Waals surface area contributed by atoms with Gasteiger partial charge in [-0.15, -0.1) is 0 Å². The van der Waals surface area contributed by atoms with Gasteiger partial charge in [-0.1, -0.05) is 36.4 Å². The molecule has 0 aliphatic carbocycles. The van der Waals surface area contributed by atoms with E-state index in [1.54, 1.807) is 43.3 Å². The van der Waals surface area contributed by atoms with Crippen LogP contribution in [0.1, 0.15) is 35.8 Å². The van der Waals surface area contributed by atoms with Gasteiger partial charge in [0.15, 0.2) is 11.5 Å². The first-order valence-electron chi connectivity index (χ1n) is 8.97. The van der Waals surface area contributed by atoms with Crippen LogP contribution < -0.4 is 0 Å². The first-order chi connectivity index (χ1) is 14.0. The molecule has 1 aromatic heterocycles. The van der Waals surface area contributed by atoms with Gasteiger partial charge in [0.25, 0.3) is 0 Å². The van der Waals surface area contributed by atoms with Crippen molar-refractivity contribution in [2.75, 3.05) is 6.61 Å². The van der Waals surface area contributed by atoms with Gasteiger partial charge in [0, 0.05) is 22.9 Å². The van der Waals surface area contributed by atoms with Crippen molar-refractivity contribution in [3.05, 3.63) is 59.5 Å². The number of hydrogen-bond donors (Lipinski definition) is 1. The number of ketones is 1. The number of halogens is 1. The van der Waals surface area contributed by atoms with Crippen LogP contribution in [-0.4, -0.2) is 28.4 Å². The van der Waals surface area contributed by atoms with Gasteiger partial charge in [0.2, 0.25) is 0 Å². The van der Waals surface area contributed by atoms with Gasteiger partial charge >= 0.3 is 5.97 Å². The van der Waals surface area contributed by atoms with Crippen LogP contribution in [-0.2, 0) is 9.53 Å². The molecule has 3 rings (SSSR count). The lowest BCUT2D eigenvalue weighted by Crippen LogP contribution is -2.10. The first-order valence-corrected chi connectivity index (χ1v) is 8.97. The number of hydrogen-bond acceptors (Lipinski definition) is 6. The topological polar surface area (TPSA) is 100 Å². The van der Waals surface area contributed by atoms with E-state index >= 15 is 0 Å². The Bertz CT molecular complexity index is 1150. The second-order valence-corrected chi connectivity index (χ2v) is 6.21. The molecule has 0 atom stereocenters. The van der Waals surface area contributed by atoms with Crippen molar-refractivity contribution in [1.82, 2.24) is 4.98 Å². The zero-order valence-electron chi connectivity index (χ0n) is 15.6. The van der Waals surface area contributed by atoms with Crippen molar-refractivity contribution in [2.45, 2.75) is 19.8 Å². The fourth-order valence-electron chi connectivity index (χ4n) is 3.05. The van der Waals surface area contributed by atoms with Crippen LogP contribution in [0.4, 0.5) is 4.39 Å². The Morgan fingerprint density at radius 2 is 1.86 bits per heavy atom. The van der Waals surface area contributed by atoms with Gasteiger partial charge in [-0.2, -0.15) is 5.26 Å². The molecule has 0 aliphatic rings. The van der Waals surface area contributed by atoms with Gasteiger partial charge in [-0.25, -0.2) is 9.37 Å². The summed E-state index contributed by atoms with van der Waals surface area (Å²) in [7, 11) is 0. The van der Waals surface area contributed by atoms with Gasteiger partial charge in [-0.3, -0.25) is 9.59 Å². The molecule has 0 radical (unpaired) electrons. The van der Waals surface area contributed by atoms with Crippen LogP contribution in [0.5, 0.6) is 5.75 Å². The molecule has 2 aromatic carbocycles. The molecule has 146 valence electrons. The molecule has 0 fully saturated rings. The summed E-state index contributed by atoms with van der Waals surface area (Å²) in [6.07, 6.45) is -0.416. The molecule has 29 heavy (non-hydrogen) atoms. The summed E-state index contributed by atoms with van der Waals surface area (Å²) < 4.78 is 19.1. The number of aromatic hydroxyl groups is 1. The van der Waals surface area contributed by atoms with Crippen LogP contribution >= 0.6 is 0 Å². The first kappa shape index (κ1) is 20.0. The van der Waals surface area contributed by atoms with E-state index in [9.17, 15) is 24.3 Å². The number of benzene rings is 2. The number of esters is 1. The lowest BCUT2D eigenvalue weighted by atomic mass is 9.97. The van der Waals surface area contributed by atoms with E-state index in [1.165, 1.54) is 6.07 Å². The summed E-state index contributed by atoms with van der Waals surface area (Å²) in [5.74, 6) is -2.20. The van der Waals surface area contributed by atoms with E-state index in [4.69, 9.17) is 4.74 Å². The summed E-state index contributed by atoms with van der Waals surface area (Å²) in [5, 5.41) is 20.3. The van der Waals surface area contributed by atoms with Crippen molar-refractivity contribution >= 4 is 22.7 Å². The molecule has 0 unspecified atom stereocenters. The number of ether oxygens (including phenoxy) is 1. The third kappa shape index (κ3) is 3.92. The van der Waals surface area contributed by atoms with Crippen LogP contribution in [0.15, 0.2) is 42.5 Å². The Morgan fingerprint density at radius 1 is 1.14 bits per heavy atom. The Labute approximate surface area is 166 Å². The molecule has 0 amide bonds. The molecule has 1 N–H and O–H groups in total. The highest BCUT2D eigenvalue weighted by molar-refractivity contribution is 6.05. The Morgan fingerprint density at radius 3 is 2.55 bits per heavy atom. The number of carbonyl (C=O) groups excluding carboxylic acids is 2. The summed E-state index contributed by atoms with van der Waals surface area (Å²) in [5.41, 5.74) is 0.392. The molecule has 0 spiro atoms. The molecular formula is C22H17FN2O4. The Kier molecular flexibility index (Phi) is 5.84. The van der Waals surface area contributed by atoms with Gasteiger partial charge in [-0.05, 0) is 13.0 Å². The van der Waals surface area contributed by atoms with Crippen LogP contribution in [0.2, 0.25) is 0 Å². The van der Waals surface area contributed by atoms with E-state index in [1.807, 2.05) is 6.07 Å². The summed E-state index contributed by atoms with van der Waals surface area (Å²) in [4.78, 5) is 28.4. The largest absolute Gasteiger partial charge is 0.504 e. The number of Topliss-reactive ketones (excluding diaryl/α,β-unsaturated/α-hetero) is 1. The monoisotopic (exact) mass is 392 g/mol. The maximum atomic E-state index is 14.3. The maximum absolute atomic E-state index is 14.3. The van der Waals surface area contributed by atoms with Crippen molar-refractivity contribution in [1.29, 1.82) is 5.26 Å². The fraction of sp³-hybridized carbons (Fsp3) is 0.182. The number of aromatic nitrogens is 1. The third-order valence-corrected chi connectivity index (χ3v) is 4.39. The normalized spacial score (nSPS) is 10.5. The average Bonchev–Trinajstić information content (AvgIpc) is 2.72. The molecule has 0 bridgehead atoms. The Hall–Kier alpha value is -3.79. The standard InChI is InChI=1S/C22H17FN2O4/c1-2-29-19(27)11-10-18(26)21-22(28)16(12-24)15-8-5-7-14(20(15)25-21)13-6-3-4-9-17(13)23/h3-9,28H,2,10-11H2,1H3. The van der Waals surface area contributed by atoms with E-state index in [0.717, 1.165) is 0 Å². The minimum absolute atomic E-state index is 0.132. The number of para-hydroxylation sites is 1. The molecular weight excluding hydrogens is 375 g/mol. The highest BCUT2D eigenvalue weighted by atomic mass is 19.1. The molecule has 0 aliphatic heterocycles. The predicted octanol–water partition coefficient (Wildman–Crippen LogP) is 4.14. The highest BCUT2D eigenvalue weighted by Crippen LogP contribution is 2.35. The van der Waals surface area contributed by atoms with Gasteiger partial charge in [0.05, 0.1) is 18.5 Å². The molecule has 1 heterocycles. The average molecular weight is 392 g/mol. The molecule has 6 nitrogen and oxygen atoms in total. The molecule has 7 heteroatoms. The minimum Gasteiger partial charge on any atom is -0.504 e. The molecule has 0 saturated carbocycles. The Balaban J connectivity index is 2.15. The lowest BCUT2D eigenvalue weighted by Gasteiger charge is -2.12. The number of nitriles is 1. The quantitative estimate of drug-likeness (QED) is 0.500. The number of nitrogens with zero attached hydrogens (tertiary/aromatic N) is 2. The van der Waals surface area contributed by atoms with E-state index < -0.39 is 23.3 Å². The van der Waals surface area contributed by atoms with Crippen LogP contribution in [0.3, 0.4) is 0 Å². The second-order valence-electron chi connectivity index (χ2n) is 6.21. The number of carbonyl (C=O) groups is 2. The second kappa shape index (κ2) is 8.48. The van der Waals surface area contributed by atoms with Crippen molar-refractivity contribution in [3.63, 3.8) is 0 Å². The van der Waals surface area contributed by atoms with Crippen LogP contribution in [0, 0.1) is 17.1 Å². The van der Waals surface area contributed by atoms with Crippen molar-refractivity contribution in [3.8, 4) is 22.9 Å². The fourth-order valence-corrected chi connectivity index (χ4v) is 3.05. The summed E-state index contributed by atoms with van der Waals surface area (Å²) in [6.45, 7) is 1.84. The maximum Gasteiger partial charge on any atom is 0.306 e. The molecule has 3 aromatic rings. The smallest absolute Gasteiger partial charge is 0.306 e. The van der Waals surface area contributed by atoms with Crippen molar-refractivity contribution in [2.24, 2.45) is 0 Å². The van der Waals surface area contributed by atoms with E-state index in [0.29, 0.717) is 10.9 Å². The summed E-state index contributed by atoms with van der Waals surface area (Å²) >= 11 is 0. The van der Waals surface area contributed by atoms with Crippen molar-refractivity contribution < 1.29 is 23.8 Å². The van der Waals surface area contributed by atoms with E-state index in [-0.39, 0.29) is 41.8 Å². The minimum atomic E-state index is -0.614. The predicted molar refractivity (Wildman–Crippen MR) is 104 cm³/mol. The van der Waals surface area contributed by atoms with Gasteiger partial charge in [0.1, 0.15) is 23.1 Å². The SMILES string of the molecule is CCOC(=O)CCC(=O)c1nc2c(-c3ccccc3F)cccc2c(C#N)c1O. The number of pyridine rings is 1. The highest BCUT2D eigenvalue weighted by Gasteiger charge is 2.22. The molecule has 0 saturated heterocycles. The number of fused-ring (bicyclic) bond motifs is 1. The number of rotatable bonds is 6. The third-order valence-electron chi connectivity index (χ3n) is 4.39. The van der Waals surface area contributed by atoms with Gasteiger partial charge < -0.3 is 9.84 Å². The van der Waals surface area contributed by atoms with E-state index in [2.05, 4.69) is 4.98 Å². The van der Waals surface area contributed by atoms with Crippen LogP contribution in [0.25, 0.3) is 22.0 Å². The lowest BCUT2D eigenvalue weighted by molar-refractivity contribution is -0.143. The zero-order valence-corrected chi connectivity index (χ0v) is 15.6. The zero-order chi connectivity index (χ0) is 21.0. The summed E-state index contributed by atoms with van der Waals surface area (Å²) in [6, 6.07) is 12.8.